The van der Waals surface area contributed by atoms with E-state index in [1.807, 2.05) is 12.1 Å². The Balaban J connectivity index is 1.63. The first-order chi connectivity index (χ1) is 10.7. The Morgan fingerprint density at radius 3 is 2.73 bits per heavy atom. The zero-order chi connectivity index (χ0) is 15.4. The van der Waals surface area contributed by atoms with Crippen LogP contribution in [0.1, 0.15) is 16.7 Å². The number of rotatable bonds is 5. The fourth-order valence-corrected chi connectivity index (χ4v) is 3.80. The molecule has 3 nitrogen and oxygen atoms in total. The van der Waals surface area contributed by atoms with Crippen molar-refractivity contribution in [1.29, 1.82) is 0 Å². The van der Waals surface area contributed by atoms with Crippen molar-refractivity contribution in [2.24, 2.45) is 0 Å². The molecule has 0 aliphatic heterocycles. The third kappa shape index (κ3) is 3.87. The first-order valence-corrected chi connectivity index (χ1v) is 8.85. The predicted octanol–water partition coefficient (Wildman–Crippen LogP) is 5.19. The number of para-hydroxylation sites is 1. The molecule has 3 rings (SSSR count). The summed E-state index contributed by atoms with van der Waals surface area (Å²) in [4.78, 5) is 0. The van der Waals surface area contributed by atoms with Gasteiger partial charge in [0.1, 0.15) is 0 Å². The van der Waals surface area contributed by atoms with Gasteiger partial charge in [-0.1, -0.05) is 71.1 Å². The summed E-state index contributed by atoms with van der Waals surface area (Å²) in [5, 5.41) is 12.6. The molecule has 0 saturated heterocycles. The zero-order valence-electron chi connectivity index (χ0n) is 12.5. The van der Waals surface area contributed by atoms with E-state index < -0.39 is 0 Å². The molecule has 5 heteroatoms. The van der Waals surface area contributed by atoms with Crippen LogP contribution in [0, 0.1) is 13.8 Å². The number of benzene rings is 2. The summed E-state index contributed by atoms with van der Waals surface area (Å²) < 4.78 is 0.984. The minimum absolute atomic E-state index is 0.834. The highest BCUT2D eigenvalue weighted by Crippen LogP contribution is 2.30. The van der Waals surface area contributed by atoms with Gasteiger partial charge in [-0.15, -0.1) is 10.2 Å². The van der Waals surface area contributed by atoms with Crippen molar-refractivity contribution < 1.29 is 0 Å². The Morgan fingerprint density at radius 1 is 1.05 bits per heavy atom. The fraction of sp³-hybridized carbons (Fsp3) is 0.176. The highest BCUT2D eigenvalue weighted by molar-refractivity contribution is 8.00. The molecule has 0 aliphatic rings. The van der Waals surface area contributed by atoms with Gasteiger partial charge in [0, 0.05) is 11.4 Å². The number of nitrogens with one attached hydrogen (secondary N) is 1. The molecular weight excluding hydrogens is 310 g/mol. The van der Waals surface area contributed by atoms with E-state index in [2.05, 4.69) is 65.8 Å². The molecule has 3 aromatic rings. The Labute approximate surface area is 138 Å². The molecule has 0 saturated carbocycles. The summed E-state index contributed by atoms with van der Waals surface area (Å²) in [6.07, 6.45) is 0. The van der Waals surface area contributed by atoms with Gasteiger partial charge in [-0.2, -0.15) is 0 Å². The third-order valence-corrected chi connectivity index (χ3v) is 5.28. The number of anilines is 2. The second kappa shape index (κ2) is 6.94. The van der Waals surface area contributed by atoms with Crippen LogP contribution in [0.4, 0.5) is 10.8 Å². The molecule has 0 radical (unpaired) electrons. The molecule has 0 atom stereocenters. The van der Waals surface area contributed by atoms with E-state index >= 15 is 0 Å². The van der Waals surface area contributed by atoms with Gasteiger partial charge in [0.25, 0.3) is 0 Å². The number of aromatic nitrogens is 2. The van der Waals surface area contributed by atoms with Crippen LogP contribution in [-0.2, 0) is 5.75 Å². The molecule has 1 N–H and O–H groups in total. The van der Waals surface area contributed by atoms with Gasteiger partial charge in [-0.3, -0.25) is 0 Å². The average Bonchev–Trinajstić information content (AvgIpc) is 2.95. The number of aryl methyl sites for hydroxylation is 2. The molecule has 2 aromatic carbocycles. The van der Waals surface area contributed by atoms with E-state index in [1.165, 1.54) is 16.7 Å². The van der Waals surface area contributed by atoms with E-state index in [0.717, 1.165) is 20.9 Å². The third-order valence-electron chi connectivity index (χ3n) is 3.24. The topological polar surface area (TPSA) is 37.8 Å². The molecule has 0 fully saturated rings. The summed E-state index contributed by atoms with van der Waals surface area (Å²) in [5.41, 5.74) is 4.88. The van der Waals surface area contributed by atoms with Crippen LogP contribution in [0.5, 0.6) is 0 Å². The molecule has 0 unspecified atom stereocenters. The van der Waals surface area contributed by atoms with Crippen LogP contribution in [-0.4, -0.2) is 10.2 Å². The molecule has 1 heterocycles. The van der Waals surface area contributed by atoms with Gasteiger partial charge < -0.3 is 5.32 Å². The van der Waals surface area contributed by atoms with E-state index in [4.69, 9.17) is 0 Å². The molecule has 22 heavy (non-hydrogen) atoms. The Bertz CT molecular complexity index is 768. The number of nitrogens with zero attached hydrogens (tertiary/aromatic N) is 2. The van der Waals surface area contributed by atoms with Crippen molar-refractivity contribution in [2.75, 3.05) is 5.32 Å². The summed E-state index contributed by atoms with van der Waals surface area (Å²) in [7, 11) is 0. The van der Waals surface area contributed by atoms with Gasteiger partial charge in [0.05, 0.1) is 0 Å². The second-order valence-electron chi connectivity index (χ2n) is 5.09. The Kier molecular flexibility index (Phi) is 4.75. The van der Waals surface area contributed by atoms with Crippen molar-refractivity contribution in [1.82, 2.24) is 10.2 Å². The highest BCUT2D eigenvalue weighted by Gasteiger charge is 2.06. The number of thioether (sulfide) groups is 1. The van der Waals surface area contributed by atoms with Crippen LogP contribution in [0.15, 0.2) is 52.9 Å². The van der Waals surface area contributed by atoms with E-state index in [0.29, 0.717) is 0 Å². The molecule has 0 aliphatic carbocycles. The standard InChI is InChI=1S/C17H17N3S2/c1-12-6-5-8-14(10-12)11-21-17-20-19-16(22-17)18-15-9-4-3-7-13(15)2/h3-10H,11H2,1-2H3,(H,18,19). The zero-order valence-corrected chi connectivity index (χ0v) is 14.2. The lowest BCUT2D eigenvalue weighted by atomic mass is 10.2. The Hall–Kier alpha value is -1.85. The van der Waals surface area contributed by atoms with Crippen molar-refractivity contribution in [3.05, 3.63) is 65.2 Å². The summed E-state index contributed by atoms with van der Waals surface area (Å²) >= 11 is 3.31. The van der Waals surface area contributed by atoms with Crippen molar-refractivity contribution in [2.45, 2.75) is 23.9 Å². The largest absolute Gasteiger partial charge is 0.330 e. The first kappa shape index (κ1) is 15.1. The predicted molar refractivity (Wildman–Crippen MR) is 95.1 cm³/mol. The van der Waals surface area contributed by atoms with Gasteiger partial charge in [0.2, 0.25) is 5.13 Å². The normalized spacial score (nSPS) is 10.6. The smallest absolute Gasteiger partial charge is 0.210 e. The maximum atomic E-state index is 4.25. The molecule has 0 spiro atoms. The van der Waals surface area contributed by atoms with Crippen molar-refractivity contribution in [3.8, 4) is 0 Å². The number of hydrogen-bond acceptors (Lipinski definition) is 5. The first-order valence-electron chi connectivity index (χ1n) is 7.05. The van der Waals surface area contributed by atoms with Crippen molar-refractivity contribution in [3.63, 3.8) is 0 Å². The SMILES string of the molecule is Cc1cccc(CSc2nnc(Nc3ccccc3C)s2)c1. The second-order valence-corrected chi connectivity index (χ2v) is 7.29. The fourth-order valence-electron chi connectivity index (χ4n) is 2.09. The van der Waals surface area contributed by atoms with Crippen LogP contribution >= 0.6 is 23.1 Å². The molecule has 0 amide bonds. The average molecular weight is 327 g/mol. The summed E-state index contributed by atoms with van der Waals surface area (Å²) in [6, 6.07) is 16.7. The maximum Gasteiger partial charge on any atom is 0.210 e. The van der Waals surface area contributed by atoms with Gasteiger partial charge in [0.15, 0.2) is 4.34 Å². The lowest BCUT2D eigenvalue weighted by Gasteiger charge is -2.04. The molecule has 1 aromatic heterocycles. The maximum absolute atomic E-state index is 4.25. The lowest BCUT2D eigenvalue weighted by molar-refractivity contribution is 1.01. The minimum atomic E-state index is 0.834. The number of hydrogen-bond donors (Lipinski definition) is 1. The van der Waals surface area contributed by atoms with Gasteiger partial charge >= 0.3 is 0 Å². The van der Waals surface area contributed by atoms with Crippen molar-refractivity contribution >= 4 is 33.9 Å². The van der Waals surface area contributed by atoms with E-state index in [-0.39, 0.29) is 0 Å². The lowest BCUT2D eigenvalue weighted by Crippen LogP contribution is -1.91. The van der Waals surface area contributed by atoms with Gasteiger partial charge in [-0.05, 0) is 31.0 Å². The Morgan fingerprint density at radius 2 is 1.91 bits per heavy atom. The highest BCUT2D eigenvalue weighted by atomic mass is 32.2. The monoisotopic (exact) mass is 327 g/mol. The summed E-state index contributed by atoms with van der Waals surface area (Å²) in [6.45, 7) is 4.19. The summed E-state index contributed by atoms with van der Waals surface area (Å²) in [5.74, 6) is 0.917. The van der Waals surface area contributed by atoms with Crippen LogP contribution in [0.25, 0.3) is 0 Å². The van der Waals surface area contributed by atoms with Crippen LogP contribution < -0.4 is 5.32 Å². The minimum Gasteiger partial charge on any atom is -0.330 e. The van der Waals surface area contributed by atoms with Crippen LogP contribution in [0.3, 0.4) is 0 Å². The van der Waals surface area contributed by atoms with Gasteiger partial charge in [-0.25, -0.2) is 0 Å². The molecule has 112 valence electrons. The van der Waals surface area contributed by atoms with Crippen LogP contribution in [0.2, 0.25) is 0 Å². The molecule has 0 bridgehead atoms. The quantitative estimate of drug-likeness (QED) is 0.654. The molecular formula is C17H17N3S2. The van der Waals surface area contributed by atoms with E-state index in [1.54, 1.807) is 23.1 Å². The van der Waals surface area contributed by atoms with E-state index in [9.17, 15) is 0 Å².